The Labute approximate surface area is 167 Å². The SMILES string of the molecule is CC(C)(C)[Si](C)(C)OCC1(c2ccc(Cl)cc2)CC(O)(c2cccs2)C1. The summed E-state index contributed by atoms with van der Waals surface area (Å²) in [6.07, 6.45) is 1.38. The van der Waals surface area contributed by atoms with Crippen molar-refractivity contribution in [3.05, 3.63) is 57.2 Å². The molecule has 0 bridgehead atoms. The van der Waals surface area contributed by atoms with Gasteiger partial charge in [-0.2, -0.15) is 0 Å². The molecule has 1 saturated carbocycles. The molecule has 1 N–H and O–H groups in total. The van der Waals surface area contributed by atoms with Crippen LogP contribution in [0.25, 0.3) is 0 Å². The molecule has 1 heterocycles. The lowest BCUT2D eigenvalue weighted by Crippen LogP contribution is -2.56. The van der Waals surface area contributed by atoms with Gasteiger partial charge in [0.1, 0.15) is 5.60 Å². The predicted molar refractivity (Wildman–Crippen MR) is 114 cm³/mol. The normalized spacial score (nSPS) is 26.6. The zero-order valence-electron chi connectivity index (χ0n) is 16.3. The molecular formula is C21H29ClO2SSi. The molecule has 1 aromatic carbocycles. The Balaban J connectivity index is 1.86. The quantitative estimate of drug-likeness (QED) is 0.584. The van der Waals surface area contributed by atoms with E-state index in [9.17, 15) is 5.11 Å². The average molecular weight is 409 g/mol. The van der Waals surface area contributed by atoms with Crippen molar-refractivity contribution in [1.29, 1.82) is 0 Å². The van der Waals surface area contributed by atoms with Crippen LogP contribution >= 0.6 is 22.9 Å². The van der Waals surface area contributed by atoms with Gasteiger partial charge in [0.2, 0.25) is 0 Å². The van der Waals surface area contributed by atoms with Gasteiger partial charge >= 0.3 is 0 Å². The van der Waals surface area contributed by atoms with Gasteiger partial charge in [-0.1, -0.05) is 50.6 Å². The molecule has 0 aliphatic heterocycles. The topological polar surface area (TPSA) is 29.5 Å². The summed E-state index contributed by atoms with van der Waals surface area (Å²) >= 11 is 7.73. The fourth-order valence-electron chi connectivity index (χ4n) is 3.51. The minimum Gasteiger partial charge on any atom is -0.416 e. The molecule has 3 rings (SSSR count). The van der Waals surface area contributed by atoms with Crippen LogP contribution in [0.5, 0.6) is 0 Å². The lowest BCUT2D eigenvalue weighted by molar-refractivity contribution is -0.109. The van der Waals surface area contributed by atoms with E-state index in [4.69, 9.17) is 16.0 Å². The Bertz CT molecular complexity index is 741. The maximum Gasteiger partial charge on any atom is 0.192 e. The summed E-state index contributed by atoms with van der Waals surface area (Å²) in [6.45, 7) is 12.0. The molecule has 0 spiro atoms. The van der Waals surface area contributed by atoms with E-state index in [0.29, 0.717) is 19.4 Å². The van der Waals surface area contributed by atoms with Crippen molar-refractivity contribution in [2.45, 2.75) is 62.8 Å². The molecule has 1 fully saturated rings. The molecule has 2 nitrogen and oxygen atoms in total. The maximum absolute atomic E-state index is 11.2. The zero-order valence-corrected chi connectivity index (χ0v) is 18.9. The Morgan fingerprint density at radius 2 is 1.77 bits per heavy atom. The molecule has 1 aliphatic rings. The van der Waals surface area contributed by atoms with Crippen molar-refractivity contribution in [3.8, 4) is 0 Å². The minimum absolute atomic E-state index is 0.154. The van der Waals surface area contributed by atoms with Gasteiger partial charge in [0, 0.05) is 21.9 Å². The molecule has 0 unspecified atom stereocenters. The number of hydrogen-bond donors (Lipinski definition) is 1. The summed E-state index contributed by atoms with van der Waals surface area (Å²) in [4.78, 5) is 1.05. The summed E-state index contributed by atoms with van der Waals surface area (Å²) in [6, 6.07) is 12.1. The van der Waals surface area contributed by atoms with E-state index >= 15 is 0 Å². The van der Waals surface area contributed by atoms with Gasteiger partial charge < -0.3 is 9.53 Å². The summed E-state index contributed by atoms with van der Waals surface area (Å²) in [7, 11) is -1.86. The Hall–Kier alpha value is -0.653. The number of rotatable bonds is 5. The first-order valence-electron chi connectivity index (χ1n) is 9.14. The van der Waals surface area contributed by atoms with E-state index in [-0.39, 0.29) is 10.5 Å². The Kier molecular flexibility index (Phi) is 5.21. The van der Waals surface area contributed by atoms with Crippen LogP contribution in [0.1, 0.15) is 44.1 Å². The van der Waals surface area contributed by atoms with Crippen molar-refractivity contribution >= 4 is 31.3 Å². The van der Waals surface area contributed by atoms with Crippen LogP contribution in [0.2, 0.25) is 23.2 Å². The van der Waals surface area contributed by atoms with Crippen LogP contribution < -0.4 is 0 Å². The number of benzene rings is 1. The van der Waals surface area contributed by atoms with Crippen LogP contribution in [-0.4, -0.2) is 20.0 Å². The van der Waals surface area contributed by atoms with Crippen molar-refractivity contribution in [1.82, 2.24) is 0 Å². The van der Waals surface area contributed by atoms with Gasteiger partial charge in [-0.3, -0.25) is 0 Å². The fourth-order valence-corrected chi connectivity index (χ4v) is 5.53. The van der Waals surface area contributed by atoms with E-state index in [0.717, 1.165) is 9.90 Å². The maximum atomic E-state index is 11.2. The second-order valence-electron chi connectivity index (χ2n) is 9.20. The first-order chi connectivity index (χ1) is 12.0. The number of thiophene rings is 1. The van der Waals surface area contributed by atoms with E-state index in [2.05, 4.69) is 46.0 Å². The van der Waals surface area contributed by atoms with Crippen LogP contribution in [0, 0.1) is 0 Å². The second kappa shape index (κ2) is 6.75. The molecule has 0 amide bonds. The number of aliphatic hydroxyl groups is 1. The highest BCUT2D eigenvalue weighted by molar-refractivity contribution is 7.10. The molecule has 0 saturated heterocycles. The molecule has 142 valence electrons. The third-order valence-electron chi connectivity index (χ3n) is 6.21. The highest BCUT2D eigenvalue weighted by atomic mass is 35.5. The van der Waals surface area contributed by atoms with Gasteiger partial charge in [-0.15, -0.1) is 11.3 Å². The summed E-state index contributed by atoms with van der Waals surface area (Å²) in [5.41, 5.74) is 0.311. The molecule has 2 aromatic rings. The van der Waals surface area contributed by atoms with E-state index in [1.165, 1.54) is 5.56 Å². The first-order valence-corrected chi connectivity index (χ1v) is 13.3. The van der Waals surface area contributed by atoms with Gasteiger partial charge in [0.25, 0.3) is 0 Å². The fraction of sp³-hybridized carbons (Fsp3) is 0.524. The smallest absolute Gasteiger partial charge is 0.192 e. The average Bonchev–Trinajstić information content (AvgIpc) is 3.05. The predicted octanol–water partition coefficient (Wildman–Crippen LogP) is 6.34. The molecule has 0 radical (unpaired) electrons. The standard InChI is InChI=1S/C21H29ClO2SSi/c1-19(2,3)26(4,5)24-15-20(16-8-10-17(22)11-9-16)13-21(23,14-20)18-7-6-12-25-18/h6-12,23H,13-15H2,1-5H3. The lowest BCUT2D eigenvalue weighted by Gasteiger charge is -2.54. The number of halogens is 1. The van der Waals surface area contributed by atoms with Crippen LogP contribution in [0.15, 0.2) is 41.8 Å². The third-order valence-corrected chi connectivity index (χ3v) is 12.0. The molecular weight excluding hydrogens is 380 g/mol. The first kappa shape index (κ1) is 20.1. The molecule has 0 atom stereocenters. The lowest BCUT2D eigenvalue weighted by atomic mass is 9.56. The van der Waals surface area contributed by atoms with Gasteiger partial charge in [0.15, 0.2) is 8.32 Å². The van der Waals surface area contributed by atoms with Crippen molar-refractivity contribution in [2.75, 3.05) is 6.61 Å². The van der Waals surface area contributed by atoms with Gasteiger partial charge in [-0.25, -0.2) is 0 Å². The van der Waals surface area contributed by atoms with Crippen molar-refractivity contribution < 1.29 is 9.53 Å². The van der Waals surface area contributed by atoms with Gasteiger partial charge in [-0.05, 0) is 60.1 Å². The van der Waals surface area contributed by atoms with Crippen molar-refractivity contribution in [3.63, 3.8) is 0 Å². The summed E-state index contributed by atoms with van der Waals surface area (Å²) in [5, 5.41) is 14.1. The van der Waals surface area contributed by atoms with E-state index < -0.39 is 13.9 Å². The minimum atomic E-state index is -1.86. The molecule has 26 heavy (non-hydrogen) atoms. The van der Waals surface area contributed by atoms with E-state index in [1.54, 1.807) is 11.3 Å². The molecule has 1 aromatic heterocycles. The highest BCUT2D eigenvalue weighted by Crippen LogP contribution is 2.57. The van der Waals surface area contributed by atoms with Crippen LogP contribution in [0.4, 0.5) is 0 Å². The molecule has 5 heteroatoms. The highest BCUT2D eigenvalue weighted by Gasteiger charge is 2.57. The Morgan fingerprint density at radius 3 is 2.27 bits per heavy atom. The largest absolute Gasteiger partial charge is 0.416 e. The van der Waals surface area contributed by atoms with Crippen LogP contribution in [-0.2, 0) is 15.4 Å². The van der Waals surface area contributed by atoms with Crippen molar-refractivity contribution in [2.24, 2.45) is 0 Å². The monoisotopic (exact) mass is 408 g/mol. The Morgan fingerprint density at radius 1 is 1.15 bits per heavy atom. The summed E-state index contributed by atoms with van der Waals surface area (Å²) in [5.74, 6) is 0. The van der Waals surface area contributed by atoms with E-state index in [1.807, 2.05) is 29.6 Å². The molecule has 1 aliphatic carbocycles. The third kappa shape index (κ3) is 3.67. The second-order valence-corrected chi connectivity index (χ2v) is 15.4. The summed E-state index contributed by atoms with van der Waals surface area (Å²) < 4.78 is 6.59. The van der Waals surface area contributed by atoms with Crippen LogP contribution in [0.3, 0.4) is 0 Å². The zero-order chi connectivity index (χ0) is 19.2. The number of hydrogen-bond acceptors (Lipinski definition) is 3. The van der Waals surface area contributed by atoms with Gasteiger partial charge in [0.05, 0.1) is 0 Å².